The van der Waals surface area contributed by atoms with Crippen LogP contribution < -0.4 is 0 Å². The largest absolute Gasteiger partial charge is 0.673 e. The van der Waals surface area contributed by atoms with Crippen LogP contribution in [0.5, 0.6) is 0 Å². The minimum Gasteiger partial charge on any atom is -0.348 e. The van der Waals surface area contributed by atoms with Crippen LogP contribution in [0.2, 0.25) is 0 Å². The molecule has 0 amide bonds. The fourth-order valence-electron chi connectivity index (χ4n) is 6.46. The lowest BCUT2D eigenvalue weighted by Gasteiger charge is -2.31. The normalized spacial score (nSPS) is 20.0. The van der Waals surface area contributed by atoms with Gasteiger partial charge in [0.2, 0.25) is 0 Å². The van der Waals surface area contributed by atoms with Crippen LogP contribution in [0.15, 0.2) is 162 Å². The fraction of sp³-hybridized carbons (Fsp3) is 0.103. The lowest BCUT2D eigenvalue weighted by atomic mass is 9.85. The van der Waals surface area contributed by atoms with E-state index in [0.717, 1.165) is 50.2 Å². The van der Waals surface area contributed by atoms with Crippen LogP contribution in [0.3, 0.4) is 0 Å². The van der Waals surface area contributed by atoms with Crippen molar-refractivity contribution in [1.82, 2.24) is 4.81 Å². The van der Waals surface area contributed by atoms with Crippen LogP contribution in [0.4, 0.5) is 8.63 Å². The molecule has 5 heteroatoms. The Bertz CT molecular complexity index is 1880. The third kappa shape index (κ3) is 4.99. The smallest absolute Gasteiger partial charge is 0.348 e. The summed E-state index contributed by atoms with van der Waals surface area (Å²) >= 11 is 0. The van der Waals surface area contributed by atoms with Gasteiger partial charge in [-0.25, -0.2) is 4.99 Å². The number of allylic oxidation sites excluding steroid dienone is 6. The molecule has 3 aliphatic rings. The molecule has 2 unspecified atom stereocenters. The molecule has 0 N–H and O–H groups in total. The Kier molecular flexibility index (Phi) is 7.31. The molecule has 4 aromatic carbocycles. The van der Waals surface area contributed by atoms with E-state index < -0.39 is 13.4 Å². The van der Waals surface area contributed by atoms with Crippen molar-refractivity contribution in [2.24, 2.45) is 10.9 Å². The number of fused-ring (bicyclic) bond motifs is 1. The van der Waals surface area contributed by atoms with E-state index in [0.29, 0.717) is 17.0 Å². The minimum atomic E-state index is -2.73. The second-order valence-corrected chi connectivity index (χ2v) is 11.5. The number of aryl methyl sites for hydroxylation is 2. The number of hydrogen-bond acceptors (Lipinski definition) is 2. The summed E-state index contributed by atoms with van der Waals surface area (Å²) in [5, 5.41) is 0. The van der Waals surface area contributed by atoms with Crippen LogP contribution in [0, 0.1) is 19.8 Å². The molecule has 0 saturated heterocycles. The number of aliphatic imine (C=N–C) groups is 1. The molecule has 7 rings (SSSR count). The van der Waals surface area contributed by atoms with Gasteiger partial charge >= 0.3 is 7.40 Å². The number of hydrogen-bond donors (Lipinski definition) is 0. The van der Waals surface area contributed by atoms with E-state index in [4.69, 9.17) is 4.99 Å². The third-order valence-electron chi connectivity index (χ3n) is 8.60. The van der Waals surface area contributed by atoms with Crippen molar-refractivity contribution in [2.75, 3.05) is 0 Å². The summed E-state index contributed by atoms with van der Waals surface area (Å²) in [5.41, 5.74) is 10.4. The van der Waals surface area contributed by atoms with Gasteiger partial charge in [0.1, 0.15) is 0 Å². The van der Waals surface area contributed by atoms with Crippen LogP contribution in [-0.4, -0.2) is 17.9 Å². The average molecular weight is 576 g/mol. The predicted octanol–water partition coefficient (Wildman–Crippen LogP) is 9.58. The van der Waals surface area contributed by atoms with Gasteiger partial charge in [0, 0.05) is 28.3 Å². The van der Waals surface area contributed by atoms with Crippen molar-refractivity contribution in [3.63, 3.8) is 0 Å². The Morgan fingerprint density at radius 3 is 2.02 bits per heavy atom. The predicted molar refractivity (Wildman–Crippen MR) is 178 cm³/mol. The number of benzene rings is 4. The molecule has 2 aliphatic heterocycles. The van der Waals surface area contributed by atoms with Gasteiger partial charge in [0.05, 0.1) is 17.5 Å². The molecule has 0 saturated carbocycles. The fourth-order valence-corrected chi connectivity index (χ4v) is 6.46. The number of halogens is 2. The molecule has 2 atom stereocenters. The van der Waals surface area contributed by atoms with Crippen molar-refractivity contribution in [1.29, 1.82) is 0 Å². The molecule has 2 nitrogen and oxygen atoms in total. The first-order valence-electron chi connectivity index (χ1n) is 14.9. The van der Waals surface area contributed by atoms with Crippen molar-refractivity contribution in [2.45, 2.75) is 19.9 Å². The monoisotopic (exact) mass is 576 g/mol. The molecule has 2 heterocycles. The second-order valence-electron chi connectivity index (χ2n) is 11.5. The maximum atomic E-state index is 15.6. The van der Waals surface area contributed by atoms with E-state index in [1.54, 1.807) is 0 Å². The van der Waals surface area contributed by atoms with Crippen molar-refractivity contribution < 1.29 is 8.63 Å². The lowest BCUT2D eigenvalue weighted by molar-refractivity contribution is 0.344. The minimum absolute atomic E-state index is 0.239. The number of rotatable bonds is 6. The van der Waals surface area contributed by atoms with Crippen molar-refractivity contribution in [3.05, 3.63) is 190 Å². The molecule has 0 aromatic heterocycles. The Labute approximate surface area is 258 Å². The molecule has 4 aromatic rings. The van der Waals surface area contributed by atoms with E-state index in [9.17, 15) is 0 Å². The highest BCUT2D eigenvalue weighted by molar-refractivity contribution is 6.41. The molecule has 0 bridgehead atoms. The van der Waals surface area contributed by atoms with Crippen LogP contribution in [0.25, 0.3) is 11.1 Å². The Balaban J connectivity index is 1.53. The summed E-state index contributed by atoms with van der Waals surface area (Å²) in [5.74, 6) is -0.239. The quantitative estimate of drug-likeness (QED) is 0.209. The third-order valence-corrected chi connectivity index (χ3v) is 8.60. The van der Waals surface area contributed by atoms with Gasteiger partial charge in [-0.15, -0.1) is 0 Å². The van der Waals surface area contributed by atoms with E-state index >= 15 is 8.63 Å². The van der Waals surface area contributed by atoms with Gasteiger partial charge in [0.15, 0.2) is 0 Å². The first-order chi connectivity index (χ1) is 21.5. The van der Waals surface area contributed by atoms with Crippen LogP contribution >= 0.6 is 0 Å². The number of nitrogens with zero attached hydrogens (tertiary/aromatic N) is 2. The SMILES string of the molecule is Cc1ccc(C2=CC(c3ccccc3)=N/C2=C(\C2=C3C=CC=CC3C(c3ccc(C)cc3)N2B(F)F)c2ccccc2)cc1. The Morgan fingerprint density at radius 1 is 0.727 bits per heavy atom. The molecule has 214 valence electrons. The summed E-state index contributed by atoms with van der Waals surface area (Å²) in [4.78, 5) is 6.58. The summed E-state index contributed by atoms with van der Waals surface area (Å²) in [6.45, 7) is 4.08. The molecule has 0 spiro atoms. The van der Waals surface area contributed by atoms with E-state index in [2.05, 4.69) is 43.3 Å². The molecule has 44 heavy (non-hydrogen) atoms. The highest BCUT2D eigenvalue weighted by atomic mass is 19.2. The van der Waals surface area contributed by atoms with Crippen molar-refractivity contribution in [3.8, 4) is 0 Å². The maximum Gasteiger partial charge on any atom is 0.673 e. The molecular weight excluding hydrogens is 545 g/mol. The Hall–Kier alpha value is -5.03. The van der Waals surface area contributed by atoms with E-state index in [1.807, 2.05) is 110 Å². The van der Waals surface area contributed by atoms with Gasteiger partial charge in [-0.1, -0.05) is 145 Å². The highest BCUT2D eigenvalue weighted by Crippen LogP contribution is 2.53. The molecular formula is C39H31BF2N2. The highest BCUT2D eigenvalue weighted by Gasteiger charge is 2.48. The Morgan fingerprint density at radius 2 is 1.36 bits per heavy atom. The second kappa shape index (κ2) is 11.6. The zero-order chi connectivity index (χ0) is 30.2. The summed E-state index contributed by atoms with van der Waals surface area (Å²) < 4.78 is 31.2. The lowest BCUT2D eigenvalue weighted by Crippen LogP contribution is -2.35. The van der Waals surface area contributed by atoms with E-state index in [1.165, 1.54) is 4.81 Å². The maximum absolute atomic E-state index is 15.6. The van der Waals surface area contributed by atoms with E-state index in [-0.39, 0.29) is 5.92 Å². The summed E-state index contributed by atoms with van der Waals surface area (Å²) in [6, 6.07) is 35.7. The van der Waals surface area contributed by atoms with Gasteiger partial charge in [-0.2, -0.15) is 0 Å². The molecule has 1 aliphatic carbocycles. The standard InChI is InChI=1S/C39H31BF2N2/c1-26-17-21-28(22-18-26)34-25-35(29-11-5-3-6-12-29)43-37(34)36(30-13-7-4-8-14-30)39-33-16-10-9-15-32(33)38(44(39)40(41)42)31-23-19-27(2)20-24-31/h3-25,32,38H,1-2H3/b37-36-. The van der Waals surface area contributed by atoms with Crippen molar-refractivity contribution >= 4 is 24.3 Å². The summed E-state index contributed by atoms with van der Waals surface area (Å²) in [6.07, 6.45) is 10.1. The topological polar surface area (TPSA) is 15.6 Å². The summed E-state index contributed by atoms with van der Waals surface area (Å²) in [7, 11) is -2.73. The zero-order valence-corrected chi connectivity index (χ0v) is 24.7. The van der Waals surface area contributed by atoms with Crippen LogP contribution in [0.1, 0.15) is 39.4 Å². The first-order valence-corrected chi connectivity index (χ1v) is 14.9. The van der Waals surface area contributed by atoms with Crippen LogP contribution in [-0.2, 0) is 0 Å². The van der Waals surface area contributed by atoms with Gasteiger partial charge < -0.3 is 4.81 Å². The molecule has 0 fully saturated rings. The molecule has 0 radical (unpaired) electrons. The van der Waals surface area contributed by atoms with Gasteiger partial charge in [0.25, 0.3) is 0 Å². The first kappa shape index (κ1) is 27.8. The zero-order valence-electron chi connectivity index (χ0n) is 24.7. The van der Waals surface area contributed by atoms with Gasteiger partial charge in [-0.05, 0) is 42.2 Å². The van der Waals surface area contributed by atoms with Gasteiger partial charge in [-0.3, -0.25) is 8.63 Å². The average Bonchev–Trinajstić information content (AvgIpc) is 3.64.